The van der Waals surface area contributed by atoms with Crippen LogP contribution >= 0.6 is 0 Å². The van der Waals surface area contributed by atoms with Crippen molar-refractivity contribution in [2.75, 3.05) is 6.54 Å². The largest absolute Gasteiger partial charge is 0.387 e. The lowest BCUT2D eigenvalue weighted by molar-refractivity contribution is 0.0899. The van der Waals surface area contributed by atoms with Crippen LogP contribution in [0.5, 0.6) is 0 Å². The van der Waals surface area contributed by atoms with Crippen molar-refractivity contribution in [1.82, 2.24) is 19.8 Å². The van der Waals surface area contributed by atoms with E-state index in [1.807, 2.05) is 39.8 Å². The second kappa shape index (κ2) is 9.55. The summed E-state index contributed by atoms with van der Waals surface area (Å²) in [5, 5.41) is 13.7. The highest BCUT2D eigenvalue weighted by atomic mass is 16.3. The van der Waals surface area contributed by atoms with Gasteiger partial charge in [-0.1, -0.05) is 49.6 Å². The van der Waals surface area contributed by atoms with Crippen LogP contribution in [0.3, 0.4) is 0 Å². The summed E-state index contributed by atoms with van der Waals surface area (Å²) in [7, 11) is 0. The first-order valence-corrected chi connectivity index (χ1v) is 9.95. The van der Waals surface area contributed by atoms with Gasteiger partial charge >= 0.3 is 6.03 Å². The van der Waals surface area contributed by atoms with Gasteiger partial charge < -0.3 is 19.9 Å². The number of benzene rings is 1. The zero-order valence-corrected chi connectivity index (χ0v) is 16.1. The van der Waals surface area contributed by atoms with E-state index in [0.29, 0.717) is 13.1 Å². The molecule has 1 aliphatic carbocycles. The highest BCUT2D eigenvalue weighted by molar-refractivity contribution is 5.74. The lowest BCUT2D eigenvalue weighted by Gasteiger charge is -2.35. The molecule has 6 heteroatoms. The Morgan fingerprint density at radius 1 is 1.30 bits per heavy atom. The molecule has 1 aliphatic rings. The van der Waals surface area contributed by atoms with Gasteiger partial charge in [0.05, 0.1) is 31.2 Å². The number of hydrogen-bond donors (Lipinski definition) is 2. The summed E-state index contributed by atoms with van der Waals surface area (Å²) in [4.78, 5) is 19.0. The fourth-order valence-electron chi connectivity index (χ4n) is 3.81. The van der Waals surface area contributed by atoms with E-state index in [9.17, 15) is 9.90 Å². The normalized spacial score (nSPS) is 16.1. The van der Waals surface area contributed by atoms with E-state index in [1.165, 1.54) is 6.42 Å². The molecule has 146 valence electrons. The van der Waals surface area contributed by atoms with E-state index in [4.69, 9.17) is 0 Å². The summed E-state index contributed by atoms with van der Waals surface area (Å²) in [6.07, 6.45) is 8.39. The highest BCUT2D eigenvalue weighted by Crippen LogP contribution is 2.25. The first-order chi connectivity index (χ1) is 13.2. The third-order valence-electron chi connectivity index (χ3n) is 5.39. The quantitative estimate of drug-likeness (QED) is 0.784. The minimum Gasteiger partial charge on any atom is -0.387 e. The number of carbonyl (C=O) groups excluding carboxylic acids is 1. The van der Waals surface area contributed by atoms with Gasteiger partial charge in [-0.2, -0.15) is 0 Å². The van der Waals surface area contributed by atoms with E-state index in [2.05, 4.69) is 17.2 Å². The Hall–Kier alpha value is -2.34. The van der Waals surface area contributed by atoms with Crippen molar-refractivity contribution in [3.8, 4) is 0 Å². The molecule has 1 saturated carbocycles. The standard InChI is InChI=1S/C21H30N4O2/c1-2-24-16-22-13-19(24)14-23-21(27)25(18-11-7-4-8-12-18)15-20(26)17-9-5-3-6-10-17/h3,5-6,9-10,13,16,18,20,26H,2,4,7-8,11-12,14-15H2,1H3,(H,23,27). The van der Waals surface area contributed by atoms with Gasteiger partial charge in [0.25, 0.3) is 0 Å². The maximum Gasteiger partial charge on any atom is 0.318 e. The van der Waals surface area contributed by atoms with Crippen LogP contribution in [0.4, 0.5) is 4.79 Å². The van der Waals surface area contributed by atoms with Gasteiger partial charge in [0.15, 0.2) is 0 Å². The van der Waals surface area contributed by atoms with Gasteiger partial charge in [-0.05, 0) is 25.3 Å². The predicted molar refractivity (Wildman–Crippen MR) is 105 cm³/mol. The maximum atomic E-state index is 13.0. The van der Waals surface area contributed by atoms with Crippen molar-refractivity contribution in [2.24, 2.45) is 0 Å². The molecule has 0 aliphatic heterocycles. The molecule has 0 bridgehead atoms. The van der Waals surface area contributed by atoms with E-state index in [0.717, 1.165) is 43.5 Å². The Morgan fingerprint density at radius 2 is 2.04 bits per heavy atom. The molecule has 1 aromatic carbocycles. The number of aromatic nitrogens is 2. The third kappa shape index (κ3) is 5.10. The van der Waals surface area contributed by atoms with Crippen LogP contribution in [0.15, 0.2) is 42.9 Å². The van der Waals surface area contributed by atoms with Crippen LogP contribution in [0, 0.1) is 0 Å². The minimum absolute atomic E-state index is 0.110. The summed E-state index contributed by atoms with van der Waals surface area (Å²) in [6.45, 7) is 3.63. The minimum atomic E-state index is -0.681. The first kappa shape index (κ1) is 19.4. The van der Waals surface area contributed by atoms with Gasteiger partial charge in [-0.15, -0.1) is 0 Å². The smallest absolute Gasteiger partial charge is 0.318 e. The predicted octanol–water partition coefficient (Wildman–Crippen LogP) is 3.48. The molecule has 3 rings (SSSR count). The Balaban J connectivity index is 1.67. The zero-order chi connectivity index (χ0) is 19.1. The van der Waals surface area contributed by atoms with Crippen LogP contribution in [0.2, 0.25) is 0 Å². The molecule has 1 aromatic heterocycles. The molecule has 0 spiro atoms. The number of amides is 2. The van der Waals surface area contributed by atoms with Gasteiger partial charge in [-0.3, -0.25) is 0 Å². The van der Waals surface area contributed by atoms with Crippen molar-refractivity contribution in [3.63, 3.8) is 0 Å². The molecule has 6 nitrogen and oxygen atoms in total. The van der Waals surface area contributed by atoms with Crippen molar-refractivity contribution in [1.29, 1.82) is 0 Å². The number of aliphatic hydroxyl groups excluding tert-OH is 1. The van der Waals surface area contributed by atoms with E-state index >= 15 is 0 Å². The lowest BCUT2D eigenvalue weighted by atomic mass is 9.94. The number of nitrogens with one attached hydrogen (secondary N) is 1. The Morgan fingerprint density at radius 3 is 2.74 bits per heavy atom. The molecule has 27 heavy (non-hydrogen) atoms. The second-order valence-electron chi connectivity index (χ2n) is 7.20. The van der Waals surface area contributed by atoms with Crippen molar-refractivity contribution in [3.05, 3.63) is 54.1 Å². The Labute approximate surface area is 161 Å². The van der Waals surface area contributed by atoms with Gasteiger partial charge in [-0.25, -0.2) is 9.78 Å². The van der Waals surface area contributed by atoms with Crippen molar-refractivity contribution >= 4 is 6.03 Å². The van der Waals surface area contributed by atoms with Gasteiger partial charge in [0.2, 0.25) is 0 Å². The van der Waals surface area contributed by atoms with Gasteiger partial charge in [0.1, 0.15) is 0 Å². The molecular weight excluding hydrogens is 340 g/mol. The summed E-state index contributed by atoms with van der Waals surface area (Å²) in [6, 6.07) is 9.64. The number of rotatable bonds is 7. The number of aryl methyl sites for hydroxylation is 1. The number of imidazole rings is 1. The Bertz CT molecular complexity index is 710. The summed E-state index contributed by atoms with van der Waals surface area (Å²) < 4.78 is 2.02. The highest BCUT2D eigenvalue weighted by Gasteiger charge is 2.27. The third-order valence-corrected chi connectivity index (χ3v) is 5.39. The van der Waals surface area contributed by atoms with Gasteiger partial charge in [0, 0.05) is 18.8 Å². The van der Waals surface area contributed by atoms with Crippen LogP contribution in [-0.2, 0) is 13.1 Å². The average molecular weight is 370 g/mol. The van der Waals surface area contributed by atoms with Crippen LogP contribution in [0.1, 0.15) is 56.4 Å². The average Bonchev–Trinajstić information content (AvgIpc) is 3.19. The summed E-state index contributed by atoms with van der Waals surface area (Å²) in [5.74, 6) is 0. The zero-order valence-electron chi connectivity index (χ0n) is 16.1. The lowest BCUT2D eigenvalue weighted by Crippen LogP contribution is -2.48. The molecule has 0 saturated heterocycles. The van der Waals surface area contributed by atoms with Crippen molar-refractivity contribution < 1.29 is 9.90 Å². The monoisotopic (exact) mass is 370 g/mol. The molecule has 2 amide bonds. The number of aliphatic hydroxyl groups is 1. The SMILES string of the molecule is CCn1cncc1CNC(=O)N(CC(O)c1ccccc1)C1CCCCC1. The van der Waals surface area contributed by atoms with Crippen LogP contribution in [0.25, 0.3) is 0 Å². The molecule has 0 radical (unpaired) electrons. The number of urea groups is 1. The van der Waals surface area contributed by atoms with Crippen molar-refractivity contribution in [2.45, 2.75) is 64.3 Å². The molecule has 2 N–H and O–H groups in total. The van der Waals surface area contributed by atoms with E-state index < -0.39 is 6.10 Å². The number of carbonyl (C=O) groups is 1. The topological polar surface area (TPSA) is 70.4 Å². The fraction of sp³-hybridized carbons (Fsp3) is 0.524. The molecule has 1 atom stereocenters. The first-order valence-electron chi connectivity index (χ1n) is 9.95. The molecule has 2 aromatic rings. The molecule has 1 fully saturated rings. The summed E-state index contributed by atoms with van der Waals surface area (Å²) >= 11 is 0. The summed E-state index contributed by atoms with van der Waals surface area (Å²) in [5.41, 5.74) is 1.83. The van der Waals surface area contributed by atoms with Crippen LogP contribution < -0.4 is 5.32 Å². The van der Waals surface area contributed by atoms with E-state index in [-0.39, 0.29) is 12.1 Å². The number of hydrogen-bond acceptors (Lipinski definition) is 3. The maximum absolute atomic E-state index is 13.0. The molecule has 1 unspecified atom stereocenters. The fourth-order valence-corrected chi connectivity index (χ4v) is 3.81. The van der Waals surface area contributed by atoms with Crippen LogP contribution in [-0.4, -0.2) is 38.2 Å². The molecular formula is C21H30N4O2. The van der Waals surface area contributed by atoms with E-state index in [1.54, 1.807) is 12.5 Å². The Kier molecular flexibility index (Phi) is 6.87. The second-order valence-corrected chi connectivity index (χ2v) is 7.20. The molecule has 1 heterocycles. The number of nitrogens with zero attached hydrogens (tertiary/aromatic N) is 3.